The number of hydrogen-bond acceptors (Lipinski definition) is 5. The predicted octanol–water partition coefficient (Wildman–Crippen LogP) is 12.3. The van der Waals surface area contributed by atoms with Crippen molar-refractivity contribution in [2.45, 2.75) is 183 Å². The van der Waals surface area contributed by atoms with Gasteiger partial charge >= 0.3 is 11.9 Å². The number of methoxy groups -OCH3 is 2. The number of esters is 2. The van der Waals surface area contributed by atoms with Gasteiger partial charge in [-0.3, -0.25) is 9.59 Å². The number of hydrogen-bond donors (Lipinski definition) is 1. The molecule has 0 aliphatic heterocycles. The molecule has 5 nitrogen and oxygen atoms in total. The van der Waals surface area contributed by atoms with Gasteiger partial charge < -0.3 is 14.6 Å². The van der Waals surface area contributed by atoms with E-state index in [0.29, 0.717) is 46.3 Å². The molecule has 0 aromatic heterocycles. The lowest BCUT2D eigenvalue weighted by Gasteiger charge is -2.58. The van der Waals surface area contributed by atoms with E-state index in [4.69, 9.17) is 9.47 Å². The molecule has 5 heteroatoms. The predicted molar refractivity (Wildman–Crippen MR) is 226 cm³/mol. The van der Waals surface area contributed by atoms with E-state index in [1.807, 2.05) is 5.57 Å². The van der Waals surface area contributed by atoms with Crippen LogP contribution in [-0.2, 0) is 19.1 Å². The van der Waals surface area contributed by atoms with Crippen LogP contribution in [0.5, 0.6) is 0 Å². The Morgan fingerprint density at radius 1 is 0.643 bits per heavy atom. The van der Waals surface area contributed by atoms with Crippen molar-refractivity contribution in [1.29, 1.82) is 0 Å². The minimum absolute atomic E-state index is 0.0420. The molecule has 0 amide bonds. The molecule has 0 unspecified atom stereocenters. The molecule has 6 saturated carbocycles. The van der Waals surface area contributed by atoms with Crippen LogP contribution in [0, 0.1) is 86.8 Å². The third-order valence-corrected chi connectivity index (χ3v) is 20.0. The second-order valence-electron chi connectivity index (χ2n) is 22.4. The molecule has 0 aromatic rings. The van der Waals surface area contributed by atoms with E-state index in [2.05, 4.69) is 60.6 Å². The van der Waals surface area contributed by atoms with E-state index in [9.17, 15) is 14.7 Å². The SMILES string of the molecule is COC(=O)CC[C@@H](C)[C@H]1CC[C@H]2[C@@H]3CC=C4C[C@@H](C)CC[C@]4(C)[C@H]3CC[C@]12C.COC(=O)CC[C@@H](C)[C@H]1CC[C@H]2[C@@H]3CC=C4C[C@@H](O)CC[C@]4(C)[C@H]3CC[C@]12C. The average molecular weight is 775 g/mol. The maximum absolute atomic E-state index is 11.6. The van der Waals surface area contributed by atoms with Gasteiger partial charge in [0.25, 0.3) is 0 Å². The van der Waals surface area contributed by atoms with Crippen molar-refractivity contribution in [3.8, 4) is 0 Å². The van der Waals surface area contributed by atoms with Crippen LogP contribution in [0.2, 0.25) is 0 Å². The summed E-state index contributed by atoms with van der Waals surface area (Å²) < 4.78 is 9.76. The van der Waals surface area contributed by atoms with Crippen LogP contribution in [0.4, 0.5) is 0 Å². The van der Waals surface area contributed by atoms with E-state index >= 15 is 0 Å². The number of carbonyl (C=O) groups excluding carboxylic acids is 2. The fourth-order valence-corrected chi connectivity index (χ4v) is 16.7. The summed E-state index contributed by atoms with van der Waals surface area (Å²) >= 11 is 0. The summed E-state index contributed by atoms with van der Waals surface area (Å²) in [5.41, 5.74) is 5.13. The number of aliphatic hydroxyl groups is 1. The van der Waals surface area contributed by atoms with Crippen molar-refractivity contribution in [1.82, 2.24) is 0 Å². The molecular formula is C51H82O5. The molecule has 6 fully saturated rings. The molecule has 0 aromatic carbocycles. The minimum atomic E-state index is -0.115. The van der Waals surface area contributed by atoms with Gasteiger partial charge in [0, 0.05) is 12.8 Å². The highest BCUT2D eigenvalue weighted by Gasteiger charge is 2.60. The first-order valence-corrected chi connectivity index (χ1v) is 23.8. The Kier molecular flexibility index (Phi) is 12.5. The van der Waals surface area contributed by atoms with Crippen molar-refractivity contribution >= 4 is 11.9 Å². The molecular weight excluding hydrogens is 693 g/mol. The second kappa shape index (κ2) is 16.4. The summed E-state index contributed by atoms with van der Waals surface area (Å²) in [6.45, 7) is 17.5. The van der Waals surface area contributed by atoms with Crippen molar-refractivity contribution in [2.24, 2.45) is 86.8 Å². The summed E-state index contributed by atoms with van der Waals surface area (Å²) in [5, 5.41) is 10.2. The maximum Gasteiger partial charge on any atom is 0.305 e. The van der Waals surface area contributed by atoms with E-state index in [0.717, 1.165) is 78.9 Å². The smallest absolute Gasteiger partial charge is 0.305 e. The Morgan fingerprint density at radius 2 is 1.09 bits per heavy atom. The molecule has 16 atom stereocenters. The molecule has 8 rings (SSSR count). The third kappa shape index (κ3) is 7.43. The molecule has 0 heterocycles. The van der Waals surface area contributed by atoms with Gasteiger partial charge in [-0.1, -0.05) is 71.8 Å². The lowest BCUT2D eigenvalue weighted by molar-refractivity contribution is -0.142. The van der Waals surface area contributed by atoms with Gasteiger partial charge in [-0.2, -0.15) is 0 Å². The van der Waals surface area contributed by atoms with E-state index < -0.39 is 0 Å². The normalized spacial score (nSPS) is 46.0. The molecule has 8 aliphatic rings. The molecule has 1 N–H and O–H groups in total. The van der Waals surface area contributed by atoms with Crippen LogP contribution in [-0.4, -0.2) is 37.4 Å². The van der Waals surface area contributed by atoms with Crippen LogP contribution in [0.3, 0.4) is 0 Å². The number of aliphatic hydroxyl groups excluding tert-OH is 1. The number of rotatable bonds is 8. The standard InChI is InChI=1S/C26H42O2.C25H40O3/c1-17-12-14-25(3)19(16-17)7-8-20-22-10-9-21(18(2)6-11-24(27)28-5)26(22,4)15-13-23(20)25;1-16(5-10-23(27)28-4)20-8-9-21-19-7-6-17-15-18(26)11-13-24(17,2)22(19)12-14-25(20,21)3/h7,17-18,20-23H,6,8-16H2,1-5H3;6,16,18-22,26H,5,7-15H2,1-4H3/t17-,18+,20-,21+,22-,23-,25-,26+;16-,18+,19+,20-,21+,22+,24+,25-/m01/s1. The van der Waals surface area contributed by atoms with Crippen LogP contribution in [0.1, 0.15) is 177 Å². The van der Waals surface area contributed by atoms with Crippen molar-refractivity contribution in [3.63, 3.8) is 0 Å². The molecule has 316 valence electrons. The Morgan fingerprint density at radius 3 is 1.55 bits per heavy atom. The maximum atomic E-state index is 11.6. The monoisotopic (exact) mass is 775 g/mol. The van der Waals surface area contributed by atoms with Crippen molar-refractivity contribution in [2.75, 3.05) is 14.2 Å². The van der Waals surface area contributed by atoms with E-state index in [1.165, 1.54) is 104 Å². The first-order valence-electron chi connectivity index (χ1n) is 23.8. The van der Waals surface area contributed by atoms with E-state index in [1.54, 1.807) is 5.57 Å². The Labute approximate surface area is 342 Å². The van der Waals surface area contributed by atoms with Gasteiger partial charge in [-0.05, 0) is 202 Å². The van der Waals surface area contributed by atoms with E-state index in [-0.39, 0.29) is 18.0 Å². The highest BCUT2D eigenvalue weighted by molar-refractivity contribution is 5.69. The second-order valence-corrected chi connectivity index (χ2v) is 22.4. The number of allylic oxidation sites excluding steroid dienone is 3. The third-order valence-electron chi connectivity index (χ3n) is 20.0. The zero-order valence-electron chi connectivity index (χ0n) is 37.3. The minimum Gasteiger partial charge on any atom is -0.469 e. The summed E-state index contributed by atoms with van der Waals surface area (Å²) in [5.74, 6) is 8.71. The summed E-state index contributed by atoms with van der Waals surface area (Å²) in [6, 6.07) is 0. The highest BCUT2D eigenvalue weighted by atomic mass is 16.5. The zero-order chi connectivity index (χ0) is 40.2. The molecule has 0 radical (unpaired) electrons. The first-order chi connectivity index (χ1) is 26.6. The number of carbonyl (C=O) groups is 2. The average Bonchev–Trinajstić information content (AvgIpc) is 3.73. The number of fused-ring (bicyclic) bond motifs is 10. The van der Waals surface area contributed by atoms with Crippen LogP contribution < -0.4 is 0 Å². The molecule has 0 bridgehead atoms. The summed E-state index contributed by atoms with van der Waals surface area (Å²) in [4.78, 5) is 23.3. The fourth-order valence-electron chi connectivity index (χ4n) is 16.7. The zero-order valence-corrected chi connectivity index (χ0v) is 37.3. The van der Waals surface area contributed by atoms with Gasteiger partial charge in [-0.25, -0.2) is 0 Å². The number of ether oxygens (including phenoxy) is 2. The van der Waals surface area contributed by atoms with Crippen LogP contribution in [0.15, 0.2) is 23.3 Å². The van der Waals surface area contributed by atoms with Crippen LogP contribution >= 0.6 is 0 Å². The topological polar surface area (TPSA) is 72.8 Å². The Hall–Kier alpha value is -1.62. The van der Waals surface area contributed by atoms with Crippen LogP contribution in [0.25, 0.3) is 0 Å². The highest BCUT2D eigenvalue weighted by Crippen LogP contribution is 2.69. The molecule has 56 heavy (non-hydrogen) atoms. The summed E-state index contributed by atoms with van der Waals surface area (Å²) in [6.07, 6.45) is 29.1. The molecule has 0 saturated heterocycles. The van der Waals surface area contributed by atoms with Gasteiger partial charge in [0.05, 0.1) is 20.3 Å². The van der Waals surface area contributed by atoms with Crippen molar-refractivity contribution in [3.05, 3.63) is 23.3 Å². The lowest BCUT2D eigenvalue weighted by Crippen LogP contribution is -2.50. The molecule has 0 spiro atoms. The van der Waals surface area contributed by atoms with Gasteiger partial charge in [0.15, 0.2) is 0 Å². The largest absolute Gasteiger partial charge is 0.469 e. The Balaban J connectivity index is 0.000000172. The quantitative estimate of drug-likeness (QED) is 0.196. The van der Waals surface area contributed by atoms with Gasteiger partial charge in [0.1, 0.15) is 0 Å². The first kappa shape index (κ1) is 42.5. The van der Waals surface area contributed by atoms with Crippen molar-refractivity contribution < 1.29 is 24.2 Å². The fraction of sp³-hybridized carbons (Fsp3) is 0.882. The molecule has 8 aliphatic carbocycles. The van der Waals surface area contributed by atoms with Gasteiger partial charge in [-0.15, -0.1) is 0 Å². The summed E-state index contributed by atoms with van der Waals surface area (Å²) in [7, 11) is 3.01. The Bertz CT molecular complexity index is 1390. The van der Waals surface area contributed by atoms with Gasteiger partial charge in [0.2, 0.25) is 0 Å². The lowest BCUT2D eigenvalue weighted by atomic mass is 9.46.